The summed E-state index contributed by atoms with van der Waals surface area (Å²) in [4.78, 5) is 4.36. The first-order chi connectivity index (χ1) is 8.29. The molecule has 0 spiro atoms. The molecular formula is C11H16N6. The van der Waals surface area contributed by atoms with Crippen LogP contribution in [0.3, 0.4) is 0 Å². The zero-order valence-corrected chi connectivity index (χ0v) is 9.87. The summed E-state index contributed by atoms with van der Waals surface area (Å²) in [6.45, 7) is 1.59. The van der Waals surface area contributed by atoms with Gasteiger partial charge in [0.1, 0.15) is 5.69 Å². The molecule has 0 atom stereocenters. The maximum atomic E-state index is 4.36. The van der Waals surface area contributed by atoms with E-state index < -0.39 is 0 Å². The molecule has 1 N–H and O–H groups in total. The maximum Gasteiger partial charge on any atom is 0.102 e. The molecule has 1 aliphatic carbocycles. The molecule has 6 nitrogen and oxygen atoms in total. The molecule has 2 aromatic rings. The zero-order valence-electron chi connectivity index (χ0n) is 9.87. The van der Waals surface area contributed by atoms with Crippen LogP contribution in [0.4, 0.5) is 0 Å². The van der Waals surface area contributed by atoms with Gasteiger partial charge in [-0.2, -0.15) is 0 Å². The number of rotatable bonds is 5. The van der Waals surface area contributed by atoms with E-state index in [1.807, 2.05) is 24.1 Å². The van der Waals surface area contributed by atoms with Crippen LogP contribution in [0.25, 0.3) is 0 Å². The second-order valence-corrected chi connectivity index (χ2v) is 4.58. The van der Waals surface area contributed by atoms with Crippen molar-refractivity contribution in [3.8, 4) is 0 Å². The third kappa shape index (κ3) is 2.71. The molecule has 2 aromatic heterocycles. The van der Waals surface area contributed by atoms with Crippen molar-refractivity contribution in [2.75, 3.05) is 0 Å². The largest absolute Gasteiger partial charge is 0.331 e. The van der Waals surface area contributed by atoms with Crippen molar-refractivity contribution in [2.45, 2.75) is 32.0 Å². The Bertz CT molecular complexity index is 496. The minimum Gasteiger partial charge on any atom is -0.331 e. The monoisotopic (exact) mass is 232 g/mol. The average molecular weight is 232 g/mol. The lowest BCUT2D eigenvalue weighted by Crippen LogP contribution is -2.15. The quantitative estimate of drug-likeness (QED) is 0.806. The van der Waals surface area contributed by atoms with Gasteiger partial charge in [0.2, 0.25) is 0 Å². The van der Waals surface area contributed by atoms with E-state index in [-0.39, 0.29) is 0 Å². The molecule has 1 fully saturated rings. The summed E-state index contributed by atoms with van der Waals surface area (Å²) in [6.07, 6.45) is 8.44. The molecule has 90 valence electrons. The number of hydrogen-bond acceptors (Lipinski definition) is 4. The lowest BCUT2D eigenvalue weighted by atomic mass is 10.4. The Morgan fingerprint density at radius 1 is 1.35 bits per heavy atom. The highest BCUT2D eigenvalue weighted by molar-refractivity contribution is 5.01. The van der Waals surface area contributed by atoms with Crippen LogP contribution in [-0.2, 0) is 20.1 Å². The molecule has 17 heavy (non-hydrogen) atoms. The molecule has 0 aromatic carbocycles. The van der Waals surface area contributed by atoms with Crippen molar-refractivity contribution in [2.24, 2.45) is 7.05 Å². The number of aromatic nitrogens is 5. The molecule has 0 unspecified atom stereocenters. The van der Waals surface area contributed by atoms with Crippen LogP contribution in [0.15, 0.2) is 18.7 Å². The maximum absolute atomic E-state index is 4.36. The Morgan fingerprint density at radius 3 is 2.94 bits per heavy atom. The van der Waals surface area contributed by atoms with Crippen molar-refractivity contribution in [3.63, 3.8) is 0 Å². The minimum atomic E-state index is 0.722. The van der Waals surface area contributed by atoms with E-state index in [1.165, 1.54) is 12.8 Å². The molecule has 0 aliphatic heterocycles. The van der Waals surface area contributed by atoms with Crippen molar-refractivity contribution in [1.29, 1.82) is 0 Å². The zero-order chi connectivity index (χ0) is 11.7. The Hall–Kier alpha value is -1.69. The van der Waals surface area contributed by atoms with Gasteiger partial charge in [0.15, 0.2) is 0 Å². The molecule has 1 saturated carbocycles. The fraction of sp³-hybridized carbons (Fsp3) is 0.545. The van der Waals surface area contributed by atoms with Crippen molar-refractivity contribution in [3.05, 3.63) is 30.1 Å². The van der Waals surface area contributed by atoms with Gasteiger partial charge >= 0.3 is 0 Å². The van der Waals surface area contributed by atoms with Gasteiger partial charge in [0, 0.05) is 32.0 Å². The second kappa shape index (κ2) is 4.29. The van der Waals surface area contributed by atoms with E-state index in [1.54, 1.807) is 4.68 Å². The van der Waals surface area contributed by atoms with Gasteiger partial charge in [0.25, 0.3) is 0 Å². The van der Waals surface area contributed by atoms with Crippen molar-refractivity contribution < 1.29 is 0 Å². The third-order valence-corrected chi connectivity index (χ3v) is 2.83. The van der Waals surface area contributed by atoms with Gasteiger partial charge < -0.3 is 9.88 Å². The van der Waals surface area contributed by atoms with Crippen LogP contribution in [0, 0.1) is 0 Å². The second-order valence-electron chi connectivity index (χ2n) is 4.58. The van der Waals surface area contributed by atoms with Crippen molar-refractivity contribution >= 4 is 0 Å². The molecule has 0 radical (unpaired) electrons. The predicted molar refractivity (Wildman–Crippen MR) is 62.2 cm³/mol. The standard InChI is InChI=1S/C11H16N6/c1-16-5-11(14-15-16)7-17-6-10(13-8-17)4-12-9-2-3-9/h5-6,8-9,12H,2-4,7H2,1H3. The first-order valence-corrected chi connectivity index (χ1v) is 5.89. The normalized spacial score (nSPS) is 15.4. The van der Waals surface area contributed by atoms with Gasteiger partial charge in [-0.15, -0.1) is 5.10 Å². The van der Waals surface area contributed by atoms with E-state index in [0.29, 0.717) is 0 Å². The van der Waals surface area contributed by atoms with E-state index in [0.717, 1.165) is 30.5 Å². The van der Waals surface area contributed by atoms with Gasteiger partial charge in [-0.3, -0.25) is 4.68 Å². The van der Waals surface area contributed by atoms with Crippen LogP contribution < -0.4 is 5.32 Å². The summed E-state index contributed by atoms with van der Waals surface area (Å²) in [5.41, 5.74) is 2.03. The Kier molecular flexibility index (Phi) is 2.64. The van der Waals surface area contributed by atoms with Crippen LogP contribution in [0.5, 0.6) is 0 Å². The van der Waals surface area contributed by atoms with E-state index >= 15 is 0 Å². The minimum absolute atomic E-state index is 0.722. The topological polar surface area (TPSA) is 60.6 Å². The summed E-state index contributed by atoms with van der Waals surface area (Å²) in [5.74, 6) is 0. The van der Waals surface area contributed by atoms with Crippen molar-refractivity contribution in [1.82, 2.24) is 29.9 Å². The Balaban J connectivity index is 1.59. The SMILES string of the molecule is Cn1cc(Cn2cnc(CNC3CC3)c2)nn1. The fourth-order valence-corrected chi connectivity index (χ4v) is 1.78. The van der Waals surface area contributed by atoms with Crippen LogP contribution >= 0.6 is 0 Å². The fourth-order valence-electron chi connectivity index (χ4n) is 1.78. The van der Waals surface area contributed by atoms with Crippen LogP contribution in [-0.4, -0.2) is 30.6 Å². The van der Waals surface area contributed by atoms with Crippen LogP contribution in [0.2, 0.25) is 0 Å². The summed E-state index contributed by atoms with van der Waals surface area (Å²) in [7, 11) is 1.87. The van der Waals surface area contributed by atoms with Gasteiger partial charge in [-0.05, 0) is 12.8 Å². The highest BCUT2D eigenvalue weighted by Gasteiger charge is 2.20. The lowest BCUT2D eigenvalue weighted by molar-refractivity contribution is 0.675. The number of nitrogens with one attached hydrogen (secondary N) is 1. The van der Waals surface area contributed by atoms with Crippen LogP contribution in [0.1, 0.15) is 24.2 Å². The van der Waals surface area contributed by atoms with E-state index in [9.17, 15) is 0 Å². The summed E-state index contributed by atoms with van der Waals surface area (Å²) < 4.78 is 3.75. The Labute approximate surface area is 99.7 Å². The molecule has 0 bridgehead atoms. The molecular weight excluding hydrogens is 216 g/mol. The lowest BCUT2D eigenvalue weighted by Gasteiger charge is -1.98. The summed E-state index contributed by atoms with van der Waals surface area (Å²) in [5, 5.41) is 11.4. The predicted octanol–water partition coefficient (Wildman–Crippen LogP) is 0.312. The van der Waals surface area contributed by atoms with Gasteiger partial charge in [0.05, 0.1) is 18.6 Å². The molecule has 3 rings (SSSR count). The Morgan fingerprint density at radius 2 is 2.24 bits per heavy atom. The molecule has 1 aliphatic rings. The highest BCUT2D eigenvalue weighted by atomic mass is 15.4. The molecule has 6 heteroatoms. The van der Waals surface area contributed by atoms with Gasteiger partial charge in [-0.1, -0.05) is 5.21 Å². The summed E-state index contributed by atoms with van der Waals surface area (Å²) in [6, 6.07) is 0.722. The average Bonchev–Trinajstić information content (AvgIpc) is 2.90. The smallest absolute Gasteiger partial charge is 0.102 e. The van der Waals surface area contributed by atoms with E-state index in [4.69, 9.17) is 0 Å². The number of aryl methyl sites for hydroxylation is 1. The molecule has 0 saturated heterocycles. The first kappa shape index (κ1) is 10.5. The first-order valence-electron chi connectivity index (χ1n) is 5.89. The van der Waals surface area contributed by atoms with E-state index in [2.05, 4.69) is 26.8 Å². The molecule has 0 amide bonds. The summed E-state index contributed by atoms with van der Waals surface area (Å²) >= 11 is 0. The van der Waals surface area contributed by atoms with Gasteiger partial charge in [-0.25, -0.2) is 4.98 Å². The number of hydrogen-bond donors (Lipinski definition) is 1. The third-order valence-electron chi connectivity index (χ3n) is 2.83. The highest BCUT2D eigenvalue weighted by Crippen LogP contribution is 2.18. The molecule has 2 heterocycles. The number of imidazole rings is 1. The number of nitrogens with zero attached hydrogens (tertiary/aromatic N) is 5.